The van der Waals surface area contributed by atoms with E-state index >= 15 is 0 Å². The molecule has 7 heteroatoms. The number of H-pyrrole nitrogens is 1. The van der Waals surface area contributed by atoms with Crippen molar-refractivity contribution in [1.29, 1.82) is 0 Å². The fourth-order valence-electron chi connectivity index (χ4n) is 3.45. The Morgan fingerprint density at radius 1 is 1.33 bits per heavy atom. The fourth-order valence-corrected chi connectivity index (χ4v) is 3.45. The second kappa shape index (κ2) is 6.75. The summed E-state index contributed by atoms with van der Waals surface area (Å²) in [5, 5.41) is 5.05. The van der Waals surface area contributed by atoms with Crippen molar-refractivity contribution in [2.75, 3.05) is 13.7 Å². The third-order valence-corrected chi connectivity index (χ3v) is 4.85. The SMILES string of the molecule is COC(=O)c1ccc2[nH]c3c(c2c1)CN(C(=O)C=Cc1cnn(C)c1)CC3. The van der Waals surface area contributed by atoms with E-state index < -0.39 is 0 Å². The third kappa shape index (κ3) is 3.23. The number of benzene rings is 1. The fraction of sp³-hybridized carbons (Fsp3) is 0.250. The molecule has 1 aliphatic rings. The lowest BCUT2D eigenvalue weighted by molar-refractivity contribution is -0.126. The summed E-state index contributed by atoms with van der Waals surface area (Å²) in [6.45, 7) is 1.16. The summed E-state index contributed by atoms with van der Waals surface area (Å²) in [5.74, 6) is -0.405. The van der Waals surface area contributed by atoms with E-state index in [0.29, 0.717) is 18.7 Å². The Hall–Kier alpha value is -3.35. The number of fused-ring (bicyclic) bond motifs is 3. The van der Waals surface area contributed by atoms with Crippen molar-refractivity contribution in [3.8, 4) is 0 Å². The van der Waals surface area contributed by atoms with E-state index in [4.69, 9.17) is 4.74 Å². The van der Waals surface area contributed by atoms with Crippen LogP contribution in [0.4, 0.5) is 0 Å². The van der Waals surface area contributed by atoms with Gasteiger partial charge in [-0.1, -0.05) is 0 Å². The van der Waals surface area contributed by atoms with Crippen LogP contribution in [0.25, 0.3) is 17.0 Å². The quantitative estimate of drug-likeness (QED) is 0.571. The van der Waals surface area contributed by atoms with Gasteiger partial charge in [0.05, 0.1) is 18.9 Å². The molecular weight excluding hydrogens is 344 g/mol. The first-order valence-electron chi connectivity index (χ1n) is 8.72. The van der Waals surface area contributed by atoms with Crippen LogP contribution in [-0.2, 0) is 29.5 Å². The number of hydrogen-bond acceptors (Lipinski definition) is 4. The molecule has 7 nitrogen and oxygen atoms in total. The van der Waals surface area contributed by atoms with Gasteiger partial charge in [-0.15, -0.1) is 0 Å². The van der Waals surface area contributed by atoms with Crippen LogP contribution in [0.5, 0.6) is 0 Å². The molecule has 3 aromatic rings. The third-order valence-electron chi connectivity index (χ3n) is 4.85. The molecule has 0 atom stereocenters. The zero-order valence-corrected chi connectivity index (χ0v) is 15.2. The molecule has 27 heavy (non-hydrogen) atoms. The first kappa shape index (κ1) is 17.1. The van der Waals surface area contributed by atoms with Crippen molar-refractivity contribution in [2.45, 2.75) is 13.0 Å². The summed E-state index contributed by atoms with van der Waals surface area (Å²) in [6.07, 6.45) is 7.67. The van der Waals surface area contributed by atoms with Gasteiger partial charge in [-0.2, -0.15) is 5.10 Å². The van der Waals surface area contributed by atoms with Crippen LogP contribution >= 0.6 is 0 Å². The Balaban J connectivity index is 1.58. The summed E-state index contributed by atoms with van der Waals surface area (Å²) in [6, 6.07) is 5.46. The summed E-state index contributed by atoms with van der Waals surface area (Å²) in [5.41, 5.74) is 4.54. The number of esters is 1. The summed E-state index contributed by atoms with van der Waals surface area (Å²) in [7, 11) is 3.21. The highest BCUT2D eigenvalue weighted by Gasteiger charge is 2.23. The zero-order valence-electron chi connectivity index (χ0n) is 15.2. The number of nitrogens with one attached hydrogen (secondary N) is 1. The summed E-state index contributed by atoms with van der Waals surface area (Å²) >= 11 is 0. The molecule has 0 radical (unpaired) electrons. The van der Waals surface area contributed by atoms with Crippen molar-refractivity contribution in [2.24, 2.45) is 7.05 Å². The molecule has 2 aromatic heterocycles. The molecule has 1 aromatic carbocycles. The van der Waals surface area contributed by atoms with E-state index in [0.717, 1.165) is 34.1 Å². The topological polar surface area (TPSA) is 80.2 Å². The number of aryl methyl sites for hydroxylation is 1. The van der Waals surface area contributed by atoms with Crippen LogP contribution in [0.2, 0.25) is 0 Å². The van der Waals surface area contributed by atoms with Gasteiger partial charge >= 0.3 is 5.97 Å². The largest absolute Gasteiger partial charge is 0.465 e. The van der Waals surface area contributed by atoms with Gasteiger partial charge in [0.1, 0.15) is 0 Å². The second-order valence-corrected chi connectivity index (χ2v) is 6.62. The number of hydrogen-bond donors (Lipinski definition) is 1. The Morgan fingerprint density at radius 2 is 2.19 bits per heavy atom. The predicted octanol–water partition coefficient (Wildman–Crippen LogP) is 2.29. The zero-order chi connectivity index (χ0) is 19.0. The van der Waals surface area contributed by atoms with Crippen molar-refractivity contribution in [3.05, 3.63) is 59.1 Å². The average molecular weight is 364 g/mol. The van der Waals surface area contributed by atoms with E-state index in [1.165, 1.54) is 7.11 Å². The van der Waals surface area contributed by atoms with E-state index in [-0.39, 0.29) is 11.9 Å². The molecular formula is C20H20N4O3. The molecule has 4 rings (SSSR count). The molecule has 1 aliphatic heterocycles. The number of methoxy groups -OCH3 is 1. The Bertz CT molecular complexity index is 1060. The number of rotatable bonds is 3. The molecule has 0 unspecified atom stereocenters. The van der Waals surface area contributed by atoms with Gasteiger partial charge in [-0.25, -0.2) is 4.79 Å². The van der Waals surface area contributed by atoms with Gasteiger partial charge in [0.25, 0.3) is 0 Å². The number of ether oxygens (including phenoxy) is 1. The van der Waals surface area contributed by atoms with Crippen LogP contribution in [0, 0.1) is 0 Å². The van der Waals surface area contributed by atoms with Gasteiger partial charge in [0.15, 0.2) is 0 Å². The van der Waals surface area contributed by atoms with Crippen molar-refractivity contribution in [3.63, 3.8) is 0 Å². The highest BCUT2D eigenvalue weighted by molar-refractivity contribution is 5.97. The van der Waals surface area contributed by atoms with E-state index in [1.54, 1.807) is 29.1 Å². The minimum atomic E-state index is -0.366. The minimum Gasteiger partial charge on any atom is -0.465 e. The first-order chi connectivity index (χ1) is 13.0. The molecule has 0 aliphatic carbocycles. The monoisotopic (exact) mass is 364 g/mol. The second-order valence-electron chi connectivity index (χ2n) is 6.62. The maximum atomic E-state index is 12.6. The van der Waals surface area contributed by atoms with Crippen LogP contribution in [0.1, 0.15) is 27.2 Å². The van der Waals surface area contributed by atoms with Gasteiger partial charge < -0.3 is 14.6 Å². The number of aromatic nitrogens is 3. The molecule has 3 heterocycles. The number of nitrogens with zero attached hydrogens (tertiary/aromatic N) is 3. The molecule has 1 N–H and O–H groups in total. The van der Waals surface area contributed by atoms with Gasteiger partial charge in [-0.05, 0) is 24.3 Å². The Labute approximate surface area is 156 Å². The van der Waals surface area contributed by atoms with Gasteiger partial charge in [-0.3, -0.25) is 9.48 Å². The molecule has 0 bridgehead atoms. The number of carbonyl (C=O) groups is 2. The van der Waals surface area contributed by atoms with Crippen molar-refractivity contribution < 1.29 is 14.3 Å². The number of amides is 1. The van der Waals surface area contributed by atoms with Crippen LogP contribution in [0.3, 0.4) is 0 Å². The molecule has 138 valence electrons. The maximum Gasteiger partial charge on any atom is 0.337 e. The highest BCUT2D eigenvalue weighted by atomic mass is 16.5. The maximum absolute atomic E-state index is 12.6. The van der Waals surface area contributed by atoms with E-state index in [9.17, 15) is 9.59 Å². The van der Waals surface area contributed by atoms with Crippen LogP contribution in [0.15, 0.2) is 36.7 Å². The van der Waals surface area contributed by atoms with Gasteiger partial charge in [0.2, 0.25) is 5.91 Å². The highest BCUT2D eigenvalue weighted by Crippen LogP contribution is 2.29. The molecule has 0 fully saturated rings. The standard InChI is InChI=1S/C20H20N4O3/c1-23-11-13(10-21-23)3-6-19(25)24-8-7-18-16(12-24)15-9-14(20(26)27-2)4-5-17(15)22-18/h3-6,9-11,22H,7-8,12H2,1-2H3. The van der Waals surface area contributed by atoms with E-state index in [2.05, 4.69) is 10.1 Å². The van der Waals surface area contributed by atoms with Gasteiger partial charge in [0, 0.05) is 66.6 Å². The Morgan fingerprint density at radius 3 is 2.93 bits per heavy atom. The minimum absolute atomic E-state index is 0.0389. The number of carbonyl (C=O) groups excluding carboxylic acids is 2. The van der Waals surface area contributed by atoms with Crippen LogP contribution in [-0.4, -0.2) is 45.2 Å². The molecule has 1 amide bonds. The summed E-state index contributed by atoms with van der Waals surface area (Å²) < 4.78 is 6.51. The first-order valence-corrected chi connectivity index (χ1v) is 8.72. The van der Waals surface area contributed by atoms with Crippen molar-refractivity contribution >= 4 is 28.9 Å². The lowest BCUT2D eigenvalue weighted by Crippen LogP contribution is -2.34. The molecule has 0 saturated carbocycles. The van der Waals surface area contributed by atoms with Crippen LogP contribution < -0.4 is 0 Å². The normalized spacial score (nSPS) is 13.9. The average Bonchev–Trinajstić information content (AvgIpc) is 3.27. The van der Waals surface area contributed by atoms with E-state index in [1.807, 2.05) is 30.3 Å². The molecule has 0 spiro atoms. The summed E-state index contributed by atoms with van der Waals surface area (Å²) in [4.78, 5) is 29.6. The lowest BCUT2D eigenvalue weighted by atomic mass is 10.0. The van der Waals surface area contributed by atoms with Crippen molar-refractivity contribution in [1.82, 2.24) is 19.7 Å². The Kier molecular flexibility index (Phi) is 4.27. The smallest absolute Gasteiger partial charge is 0.337 e. The molecule has 0 saturated heterocycles. The predicted molar refractivity (Wildman–Crippen MR) is 101 cm³/mol. The number of aromatic amines is 1. The lowest BCUT2D eigenvalue weighted by Gasteiger charge is -2.26.